The second-order valence-electron chi connectivity index (χ2n) is 8.15. The van der Waals surface area contributed by atoms with Gasteiger partial charge >= 0.3 is 6.18 Å². The molecule has 11 heteroatoms. The number of rotatable bonds is 4. The highest BCUT2D eigenvalue weighted by atomic mass is 35.5. The first-order valence-corrected chi connectivity index (χ1v) is 11.7. The van der Waals surface area contributed by atoms with E-state index in [0.29, 0.717) is 21.6 Å². The van der Waals surface area contributed by atoms with E-state index in [2.05, 4.69) is 15.4 Å². The summed E-state index contributed by atoms with van der Waals surface area (Å²) in [5.74, 6) is -0.280. The highest BCUT2D eigenvalue weighted by molar-refractivity contribution is 8.18. The van der Waals surface area contributed by atoms with E-state index in [9.17, 15) is 18.0 Å². The molecule has 3 heterocycles. The molecule has 0 radical (unpaired) electrons. The molecule has 0 unspecified atom stereocenters. The molecule has 0 aliphatic carbocycles. The molecule has 2 aromatic carbocycles. The Hall–Kier alpha value is -2.82. The number of aromatic nitrogens is 2. The number of fused-ring (bicyclic) bond motifs is 1. The summed E-state index contributed by atoms with van der Waals surface area (Å²) in [7, 11) is 1.93. The lowest BCUT2D eigenvalue weighted by Gasteiger charge is -2.36. The minimum Gasteiger partial charge on any atom is -0.348 e. The molecule has 5 rings (SSSR count). The van der Waals surface area contributed by atoms with Gasteiger partial charge in [0, 0.05) is 30.5 Å². The van der Waals surface area contributed by atoms with Gasteiger partial charge in [-0.25, -0.2) is 0 Å². The molecule has 1 aromatic heterocycles. The van der Waals surface area contributed by atoms with Crippen LogP contribution in [0.3, 0.4) is 0 Å². The van der Waals surface area contributed by atoms with Crippen LogP contribution in [-0.2, 0) is 17.5 Å². The lowest BCUT2D eigenvalue weighted by molar-refractivity contribution is -0.138. The molecule has 1 N–H and O–H groups in total. The summed E-state index contributed by atoms with van der Waals surface area (Å²) in [6, 6.07) is 9.52. The first kappa shape index (κ1) is 22.9. The Morgan fingerprint density at radius 2 is 2.06 bits per heavy atom. The Bertz CT molecular complexity index is 1350. The van der Waals surface area contributed by atoms with Gasteiger partial charge < -0.3 is 10.2 Å². The number of amides is 1. The zero-order valence-corrected chi connectivity index (χ0v) is 19.5. The maximum absolute atomic E-state index is 13.5. The molecular weight excluding hydrogens is 487 g/mol. The number of nitrogens with zero attached hydrogens (tertiary/aromatic N) is 4. The Morgan fingerprint density at radius 1 is 1.26 bits per heavy atom. The largest absolute Gasteiger partial charge is 0.416 e. The number of carbonyl (C=O) groups is 1. The third kappa shape index (κ3) is 4.45. The van der Waals surface area contributed by atoms with Gasteiger partial charge in [-0.3, -0.25) is 9.48 Å². The van der Waals surface area contributed by atoms with Crippen LogP contribution < -0.4 is 5.32 Å². The van der Waals surface area contributed by atoms with Crippen molar-refractivity contribution >= 4 is 51.4 Å². The molecule has 1 fully saturated rings. The van der Waals surface area contributed by atoms with E-state index < -0.39 is 11.7 Å². The number of benzene rings is 2. The van der Waals surface area contributed by atoms with E-state index in [1.165, 1.54) is 28.6 Å². The SMILES string of the molecule is CN(C1=NC(=O)C(=Cc2ccc3c(cnn3Cc3ccc(Cl)cc3C(F)(F)F)c2)S1)C1CNC1. The van der Waals surface area contributed by atoms with Crippen molar-refractivity contribution < 1.29 is 18.0 Å². The number of halogens is 4. The number of amidine groups is 1. The Morgan fingerprint density at radius 3 is 2.76 bits per heavy atom. The average Bonchev–Trinajstić information content (AvgIpc) is 3.30. The minimum atomic E-state index is -4.52. The molecular formula is C23H19ClF3N5OS. The van der Waals surface area contributed by atoms with Crippen LogP contribution in [0.1, 0.15) is 16.7 Å². The van der Waals surface area contributed by atoms with Gasteiger partial charge in [-0.05, 0) is 53.2 Å². The quantitative estimate of drug-likeness (QED) is 0.524. The minimum absolute atomic E-state index is 0.0288. The number of hydrogen-bond acceptors (Lipinski definition) is 5. The first-order chi connectivity index (χ1) is 16.2. The highest BCUT2D eigenvalue weighted by Crippen LogP contribution is 2.35. The van der Waals surface area contributed by atoms with E-state index in [1.807, 2.05) is 24.1 Å². The van der Waals surface area contributed by atoms with E-state index in [1.54, 1.807) is 18.3 Å². The van der Waals surface area contributed by atoms with Crippen molar-refractivity contribution in [3.8, 4) is 0 Å². The summed E-state index contributed by atoms with van der Waals surface area (Å²) in [4.78, 5) is 19.1. The van der Waals surface area contributed by atoms with Crippen LogP contribution in [-0.4, -0.2) is 51.9 Å². The van der Waals surface area contributed by atoms with Crippen LogP contribution in [0.25, 0.3) is 17.0 Å². The van der Waals surface area contributed by atoms with E-state index >= 15 is 0 Å². The van der Waals surface area contributed by atoms with Crippen LogP contribution >= 0.6 is 23.4 Å². The van der Waals surface area contributed by atoms with Crippen molar-refractivity contribution in [3.05, 3.63) is 69.2 Å². The second kappa shape index (κ2) is 8.75. The monoisotopic (exact) mass is 505 g/mol. The summed E-state index contributed by atoms with van der Waals surface area (Å²) in [5.41, 5.74) is 0.774. The van der Waals surface area contributed by atoms with Crippen molar-refractivity contribution in [3.63, 3.8) is 0 Å². The maximum Gasteiger partial charge on any atom is 0.416 e. The van der Waals surface area contributed by atoms with Crippen molar-refractivity contribution in [1.29, 1.82) is 0 Å². The van der Waals surface area contributed by atoms with Crippen LogP contribution in [0.5, 0.6) is 0 Å². The maximum atomic E-state index is 13.5. The molecule has 0 spiro atoms. The lowest BCUT2D eigenvalue weighted by atomic mass is 10.1. The Balaban J connectivity index is 1.37. The number of likely N-dealkylation sites (N-methyl/N-ethyl adjacent to an activating group) is 1. The molecule has 0 bridgehead atoms. The normalized spacial score (nSPS) is 18.0. The number of thioether (sulfide) groups is 1. The fraction of sp³-hybridized carbons (Fsp3) is 0.261. The molecule has 34 heavy (non-hydrogen) atoms. The average molecular weight is 506 g/mol. The Kier molecular flexibility index (Phi) is 5.91. The van der Waals surface area contributed by atoms with Crippen LogP contribution in [0.2, 0.25) is 5.02 Å². The topological polar surface area (TPSA) is 62.5 Å². The zero-order valence-electron chi connectivity index (χ0n) is 17.9. The highest BCUT2D eigenvalue weighted by Gasteiger charge is 2.34. The molecule has 0 atom stereocenters. The molecule has 2 aliphatic heterocycles. The summed E-state index contributed by atoms with van der Waals surface area (Å²) in [6.45, 7) is 1.68. The predicted octanol–water partition coefficient (Wildman–Crippen LogP) is 4.63. The molecule has 3 aromatic rings. The molecule has 1 saturated heterocycles. The van der Waals surface area contributed by atoms with Gasteiger partial charge in [0.15, 0.2) is 5.17 Å². The zero-order chi connectivity index (χ0) is 24.0. The fourth-order valence-electron chi connectivity index (χ4n) is 3.84. The number of hydrogen-bond donors (Lipinski definition) is 1. The third-order valence-electron chi connectivity index (χ3n) is 5.88. The van der Waals surface area contributed by atoms with Crippen LogP contribution in [0, 0.1) is 0 Å². The van der Waals surface area contributed by atoms with E-state index in [4.69, 9.17) is 11.6 Å². The third-order valence-corrected chi connectivity index (χ3v) is 7.19. The summed E-state index contributed by atoms with van der Waals surface area (Å²) < 4.78 is 41.9. The lowest BCUT2D eigenvalue weighted by Crippen LogP contribution is -2.56. The Labute approximate surface area is 202 Å². The first-order valence-electron chi connectivity index (χ1n) is 10.5. The smallest absolute Gasteiger partial charge is 0.348 e. The van der Waals surface area contributed by atoms with Gasteiger partial charge in [-0.2, -0.15) is 23.3 Å². The van der Waals surface area contributed by atoms with Gasteiger partial charge in [-0.1, -0.05) is 23.7 Å². The summed E-state index contributed by atoms with van der Waals surface area (Å²) in [5, 5.41) is 8.95. The summed E-state index contributed by atoms with van der Waals surface area (Å²) in [6.07, 6.45) is -1.14. The van der Waals surface area contributed by atoms with Crippen LogP contribution in [0.15, 0.2) is 52.5 Å². The number of nitrogens with one attached hydrogen (secondary N) is 1. The molecule has 176 valence electrons. The van der Waals surface area contributed by atoms with Gasteiger partial charge in [0.2, 0.25) is 0 Å². The molecule has 1 amide bonds. The van der Waals surface area contributed by atoms with Gasteiger partial charge in [-0.15, -0.1) is 0 Å². The van der Waals surface area contributed by atoms with Gasteiger partial charge in [0.25, 0.3) is 5.91 Å². The van der Waals surface area contributed by atoms with Crippen molar-refractivity contribution in [2.24, 2.45) is 4.99 Å². The number of aliphatic imine (C=N–C) groups is 1. The molecule has 0 saturated carbocycles. The van der Waals surface area contributed by atoms with Crippen LogP contribution in [0.4, 0.5) is 13.2 Å². The van der Waals surface area contributed by atoms with Crippen molar-refractivity contribution in [1.82, 2.24) is 20.0 Å². The van der Waals surface area contributed by atoms with Crippen molar-refractivity contribution in [2.75, 3.05) is 20.1 Å². The number of carbonyl (C=O) groups excluding carboxylic acids is 1. The van der Waals surface area contributed by atoms with E-state index in [0.717, 1.165) is 30.1 Å². The molecule has 6 nitrogen and oxygen atoms in total. The second-order valence-corrected chi connectivity index (χ2v) is 9.60. The van der Waals surface area contributed by atoms with Gasteiger partial charge in [0.1, 0.15) is 0 Å². The molecule has 2 aliphatic rings. The van der Waals surface area contributed by atoms with E-state index in [-0.39, 0.29) is 23.0 Å². The number of alkyl halides is 3. The summed E-state index contributed by atoms with van der Waals surface area (Å²) >= 11 is 7.12. The van der Waals surface area contributed by atoms with Gasteiger partial charge in [0.05, 0.1) is 34.8 Å². The fourth-order valence-corrected chi connectivity index (χ4v) is 4.96. The standard InChI is InChI=1S/C23H19ClF3N5OS/c1-31(17-10-28-11-17)22-30-21(33)20(34-22)7-13-2-5-19-15(6-13)9-29-32(19)12-14-3-4-16(24)8-18(14)23(25,26)27/h2-9,17,28H,10-12H2,1H3. The predicted molar refractivity (Wildman–Crippen MR) is 128 cm³/mol. The van der Waals surface area contributed by atoms with Crippen molar-refractivity contribution in [2.45, 2.75) is 18.8 Å².